The second-order valence-electron chi connectivity index (χ2n) is 8.08. The van der Waals surface area contributed by atoms with Crippen molar-refractivity contribution in [3.05, 3.63) is 77.8 Å². The lowest BCUT2D eigenvalue weighted by Gasteiger charge is -2.26. The van der Waals surface area contributed by atoms with Gasteiger partial charge in [-0.1, -0.05) is 11.2 Å². The van der Waals surface area contributed by atoms with Crippen molar-refractivity contribution >= 4 is 22.4 Å². The Morgan fingerprint density at radius 3 is 2.73 bits per heavy atom. The molecular formula is C25H22F2N4O2. The largest absolute Gasteiger partial charge is 0.360 e. The van der Waals surface area contributed by atoms with Crippen LogP contribution in [0.1, 0.15) is 30.7 Å². The maximum Gasteiger partial charge on any atom is 0.226 e. The maximum atomic E-state index is 13.4. The second kappa shape index (κ2) is 8.97. The number of aromatic nitrogens is 3. The number of benzene rings is 2. The molecule has 1 N–H and O–H groups in total. The van der Waals surface area contributed by atoms with Crippen LogP contribution in [-0.2, 0) is 11.2 Å². The minimum Gasteiger partial charge on any atom is -0.360 e. The van der Waals surface area contributed by atoms with Crippen molar-refractivity contribution in [2.24, 2.45) is 0 Å². The van der Waals surface area contributed by atoms with E-state index < -0.39 is 0 Å². The molecule has 0 unspecified atom stereocenters. The lowest BCUT2D eigenvalue weighted by molar-refractivity contribution is -0.130. The number of carbonyl (C=O) groups excluding carboxylic acids is 1. The van der Waals surface area contributed by atoms with E-state index >= 15 is 0 Å². The number of aromatic amines is 1. The highest BCUT2D eigenvalue weighted by Crippen LogP contribution is 2.30. The normalized spacial score (nSPS) is 14.0. The van der Waals surface area contributed by atoms with Gasteiger partial charge in [-0.05, 0) is 60.9 Å². The maximum absolute atomic E-state index is 13.4. The average Bonchev–Trinajstić information content (AvgIpc) is 3.46. The summed E-state index contributed by atoms with van der Waals surface area (Å²) in [5.74, 6) is 0.364. The highest BCUT2D eigenvalue weighted by Gasteiger charge is 2.20. The fraction of sp³-hybridized carbons (Fsp3) is 0.240. The molecule has 33 heavy (non-hydrogen) atoms. The fourth-order valence-electron chi connectivity index (χ4n) is 4.13. The van der Waals surface area contributed by atoms with Gasteiger partial charge in [0.05, 0.1) is 0 Å². The highest BCUT2D eigenvalue weighted by molar-refractivity contribution is 5.93. The van der Waals surface area contributed by atoms with Crippen LogP contribution in [0, 0.1) is 11.6 Å². The topological polar surface area (TPSA) is 75.0 Å². The highest BCUT2D eigenvalue weighted by atomic mass is 19.1. The summed E-state index contributed by atoms with van der Waals surface area (Å²) >= 11 is 0. The van der Waals surface area contributed by atoms with Crippen molar-refractivity contribution in [2.45, 2.75) is 25.7 Å². The van der Waals surface area contributed by atoms with Crippen molar-refractivity contribution in [3.8, 4) is 11.4 Å². The zero-order valence-corrected chi connectivity index (χ0v) is 17.9. The van der Waals surface area contributed by atoms with Gasteiger partial charge < -0.3 is 14.4 Å². The standard InChI is InChI=1S/C25H22F2N4O2/c26-18-6-4-17(5-7-18)25-29-23(33-30-25)2-1-3-24(32)31-12-10-16(11-13-31)21-15-28-22-14-19(27)8-9-20(21)22/h4-10,14-15,28H,1-3,11-13H2. The third-order valence-electron chi connectivity index (χ3n) is 5.90. The Bertz CT molecular complexity index is 1320. The van der Waals surface area contributed by atoms with Gasteiger partial charge in [0.15, 0.2) is 0 Å². The third kappa shape index (κ3) is 4.55. The minimum atomic E-state index is -0.322. The molecule has 2 aromatic heterocycles. The molecule has 5 rings (SSSR count). The van der Waals surface area contributed by atoms with E-state index in [1.165, 1.54) is 24.3 Å². The van der Waals surface area contributed by atoms with Crippen LogP contribution >= 0.6 is 0 Å². The van der Waals surface area contributed by atoms with Crippen LogP contribution in [-0.4, -0.2) is 39.0 Å². The number of nitrogens with zero attached hydrogens (tertiary/aromatic N) is 3. The molecule has 0 aliphatic carbocycles. The van der Waals surface area contributed by atoms with Crippen LogP contribution < -0.4 is 0 Å². The summed E-state index contributed by atoms with van der Waals surface area (Å²) < 4.78 is 31.7. The van der Waals surface area contributed by atoms with Gasteiger partial charge in [-0.2, -0.15) is 4.98 Å². The van der Waals surface area contributed by atoms with Gasteiger partial charge in [-0.25, -0.2) is 8.78 Å². The molecule has 1 aliphatic rings. The number of nitrogens with one attached hydrogen (secondary N) is 1. The Morgan fingerprint density at radius 2 is 1.94 bits per heavy atom. The molecule has 6 nitrogen and oxygen atoms in total. The monoisotopic (exact) mass is 448 g/mol. The molecule has 168 valence electrons. The zero-order valence-electron chi connectivity index (χ0n) is 17.9. The molecule has 0 spiro atoms. The van der Waals surface area contributed by atoms with Crippen LogP contribution in [0.4, 0.5) is 8.78 Å². The summed E-state index contributed by atoms with van der Waals surface area (Å²) in [5.41, 5.74) is 3.67. The van der Waals surface area contributed by atoms with E-state index in [4.69, 9.17) is 4.52 Å². The number of rotatable bonds is 6. The lowest BCUT2D eigenvalue weighted by Crippen LogP contribution is -2.34. The van der Waals surface area contributed by atoms with E-state index in [0.29, 0.717) is 49.6 Å². The van der Waals surface area contributed by atoms with Crippen molar-refractivity contribution < 1.29 is 18.1 Å². The second-order valence-corrected chi connectivity index (χ2v) is 8.08. The summed E-state index contributed by atoms with van der Waals surface area (Å²) in [7, 11) is 0. The van der Waals surface area contributed by atoms with Gasteiger partial charge in [-0.15, -0.1) is 0 Å². The Hall–Kier alpha value is -3.81. The van der Waals surface area contributed by atoms with Crippen LogP contribution in [0.25, 0.3) is 27.9 Å². The average molecular weight is 448 g/mol. The molecule has 2 aromatic carbocycles. The molecular weight excluding hydrogens is 426 g/mol. The fourth-order valence-corrected chi connectivity index (χ4v) is 4.13. The van der Waals surface area contributed by atoms with E-state index in [1.54, 1.807) is 18.2 Å². The minimum absolute atomic E-state index is 0.0876. The Kier molecular flexibility index (Phi) is 5.73. The number of H-pyrrole nitrogens is 1. The summed E-state index contributed by atoms with van der Waals surface area (Å²) in [6.45, 7) is 1.20. The van der Waals surface area contributed by atoms with Crippen LogP contribution in [0.2, 0.25) is 0 Å². The SMILES string of the molecule is O=C(CCCc1nc(-c2ccc(F)cc2)no1)N1CC=C(c2c[nH]c3cc(F)ccc23)CC1. The predicted molar refractivity (Wildman–Crippen MR) is 120 cm³/mol. The first-order valence-corrected chi connectivity index (χ1v) is 10.9. The van der Waals surface area contributed by atoms with Crippen molar-refractivity contribution in [3.63, 3.8) is 0 Å². The number of hydrogen-bond acceptors (Lipinski definition) is 4. The molecule has 0 fully saturated rings. The molecule has 0 radical (unpaired) electrons. The molecule has 3 heterocycles. The first-order valence-electron chi connectivity index (χ1n) is 10.9. The third-order valence-corrected chi connectivity index (χ3v) is 5.90. The number of halogens is 2. The van der Waals surface area contributed by atoms with E-state index in [1.807, 2.05) is 11.1 Å². The molecule has 0 saturated carbocycles. The number of carbonyl (C=O) groups is 1. The smallest absolute Gasteiger partial charge is 0.226 e. The van der Waals surface area contributed by atoms with Crippen molar-refractivity contribution in [1.29, 1.82) is 0 Å². The molecule has 0 atom stereocenters. The molecule has 1 amide bonds. The van der Waals surface area contributed by atoms with Crippen molar-refractivity contribution in [2.75, 3.05) is 13.1 Å². The summed E-state index contributed by atoms with van der Waals surface area (Å²) in [6.07, 6.45) is 6.22. The van der Waals surface area contributed by atoms with Gasteiger partial charge in [-0.3, -0.25) is 4.79 Å². The van der Waals surface area contributed by atoms with Gasteiger partial charge in [0.1, 0.15) is 11.6 Å². The zero-order chi connectivity index (χ0) is 22.8. The molecule has 1 aliphatic heterocycles. The van der Waals surface area contributed by atoms with E-state index in [-0.39, 0.29) is 17.5 Å². The van der Waals surface area contributed by atoms with E-state index in [2.05, 4.69) is 21.2 Å². The van der Waals surface area contributed by atoms with E-state index in [0.717, 1.165) is 28.5 Å². The molecule has 0 saturated heterocycles. The summed E-state index contributed by atoms with van der Waals surface area (Å²) in [6, 6.07) is 10.6. The van der Waals surface area contributed by atoms with Crippen LogP contribution in [0.5, 0.6) is 0 Å². The molecule has 8 heteroatoms. The Labute approximate surface area is 188 Å². The van der Waals surface area contributed by atoms with E-state index in [9.17, 15) is 13.6 Å². The van der Waals surface area contributed by atoms with Gasteiger partial charge in [0, 0.05) is 54.2 Å². The van der Waals surface area contributed by atoms with Crippen LogP contribution in [0.15, 0.2) is 59.3 Å². The van der Waals surface area contributed by atoms with Crippen LogP contribution in [0.3, 0.4) is 0 Å². The first-order chi connectivity index (χ1) is 16.1. The quantitative estimate of drug-likeness (QED) is 0.444. The van der Waals surface area contributed by atoms with Gasteiger partial charge >= 0.3 is 0 Å². The summed E-state index contributed by atoms with van der Waals surface area (Å²) in [4.78, 5) is 21.9. The summed E-state index contributed by atoms with van der Waals surface area (Å²) in [5, 5.41) is 4.92. The lowest BCUT2D eigenvalue weighted by atomic mass is 9.98. The number of aryl methyl sites for hydroxylation is 1. The van der Waals surface area contributed by atoms with Crippen molar-refractivity contribution in [1.82, 2.24) is 20.0 Å². The Balaban J connectivity index is 1.14. The number of hydrogen-bond donors (Lipinski definition) is 1. The number of amides is 1. The first kappa shape index (κ1) is 21.1. The Morgan fingerprint density at radius 1 is 1.12 bits per heavy atom. The molecule has 0 bridgehead atoms. The van der Waals surface area contributed by atoms with Gasteiger partial charge in [0.2, 0.25) is 17.6 Å². The molecule has 4 aromatic rings. The number of fused-ring (bicyclic) bond motifs is 1. The van der Waals surface area contributed by atoms with Gasteiger partial charge in [0.25, 0.3) is 0 Å². The predicted octanol–water partition coefficient (Wildman–Crippen LogP) is 5.13.